The Morgan fingerprint density at radius 1 is 1.32 bits per heavy atom. The molecular weight excluding hydrogens is 269 g/mol. The van der Waals surface area contributed by atoms with Crippen molar-refractivity contribution in [3.8, 4) is 0 Å². The van der Waals surface area contributed by atoms with Crippen molar-refractivity contribution in [3.63, 3.8) is 0 Å². The molecule has 0 aromatic heterocycles. The summed E-state index contributed by atoms with van der Waals surface area (Å²) in [6.45, 7) is 3.04. The van der Waals surface area contributed by atoms with Crippen LogP contribution in [0, 0.1) is 5.82 Å². The van der Waals surface area contributed by atoms with Gasteiger partial charge in [0, 0.05) is 12.3 Å². The molecule has 2 unspecified atom stereocenters. The Kier molecular flexibility index (Phi) is 5.05. The first-order chi connectivity index (χ1) is 8.71. The number of carbonyl (C=O) groups excluding carboxylic acids is 1. The highest BCUT2D eigenvalue weighted by Gasteiger charge is 2.24. The lowest BCUT2D eigenvalue weighted by atomic mass is 10.1. The van der Waals surface area contributed by atoms with Crippen molar-refractivity contribution in [2.75, 3.05) is 6.26 Å². The van der Waals surface area contributed by atoms with Gasteiger partial charge in [-0.15, -0.1) is 0 Å². The average Bonchev–Trinajstić information content (AvgIpc) is 2.29. The molecule has 0 heterocycles. The molecule has 0 bridgehead atoms. The van der Waals surface area contributed by atoms with E-state index >= 15 is 0 Å². The second-order valence-corrected chi connectivity index (χ2v) is 7.04. The summed E-state index contributed by atoms with van der Waals surface area (Å²) in [6, 6.07) is 5.95. The fourth-order valence-corrected chi connectivity index (χ4v) is 2.06. The fourth-order valence-electron chi connectivity index (χ4n) is 1.60. The molecule has 6 heteroatoms. The summed E-state index contributed by atoms with van der Waals surface area (Å²) < 4.78 is 35.9. The van der Waals surface area contributed by atoms with Crippen LogP contribution in [0.4, 0.5) is 4.39 Å². The van der Waals surface area contributed by atoms with Crippen LogP contribution in [-0.2, 0) is 21.1 Å². The third-order valence-corrected chi connectivity index (χ3v) is 4.38. The first kappa shape index (κ1) is 15.6. The Labute approximate surface area is 112 Å². The Morgan fingerprint density at radius 2 is 1.89 bits per heavy atom. The van der Waals surface area contributed by atoms with Gasteiger partial charge in [0.15, 0.2) is 9.84 Å². The third-order valence-electron chi connectivity index (χ3n) is 2.88. The lowest BCUT2D eigenvalue weighted by Crippen LogP contribution is -2.42. The predicted octanol–water partition coefficient (Wildman–Crippen LogP) is 1.31. The zero-order chi connectivity index (χ0) is 14.6. The van der Waals surface area contributed by atoms with E-state index in [9.17, 15) is 17.6 Å². The van der Waals surface area contributed by atoms with Crippen molar-refractivity contribution in [2.45, 2.75) is 31.6 Å². The standard InChI is InChI=1S/C13H18FNO3S/c1-9(8-11-6-4-5-7-12(11)14)15-13(16)10(2)19(3,17)18/h4-7,9-10H,8H2,1-3H3,(H,15,16). The first-order valence-electron chi connectivity index (χ1n) is 5.94. The summed E-state index contributed by atoms with van der Waals surface area (Å²) in [5.74, 6) is -0.897. The van der Waals surface area contributed by atoms with Crippen molar-refractivity contribution >= 4 is 15.7 Å². The van der Waals surface area contributed by atoms with E-state index in [1.807, 2.05) is 0 Å². The predicted molar refractivity (Wildman–Crippen MR) is 72.0 cm³/mol. The summed E-state index contributed by atoms with van der Waals surface area (Å²) >= 11 is 0. The molecule has 106 valence electrons. The maximum Gasteiger partial charge on any atom is 0.238 e. The van der Waals surface area contributed by atoms with E-state index in [2.05, 4.69) is 5.32 Å². The molecule has 19 heavy (non-hydrogen) atoms. The zero-order valence-electron chi connectivity index (χ0n) is 11.2. The number of hydrogen-bond donors (Lipinski definition) is 1. The van der Waals surface area contributed by atoms with Crippen LogP contribution in [0.15, 0.2) is 24.3 Å². The molecule has 1 N–H and O–H groups in total. The van der Waals surface area contributed by atoms with Gasteiger partial charge in [0.2, 0.25) is 5.91 Å². The highest BCUT2D eigenvalue weighted by Crippen LogP contribution is 2.09. The van der Waals surface area contributed by atoms with Gasteiger partial charge in [-0.05, 0) is 31.9 Å². The van der Waals surface area contributed by atoms with E-state index in [4.69, 9.17) is 0 Å². The molecule has 0 radical (unpaired) electrons. The van der Waals surface area contributed by atoms with E-state index in [0.717, 1.165) is 6.26 Å². The number of nitrogens with one attached hydrogen (secondary N) is 1. The molecule has 1 rings (SSSR count). The largest absolute Gasteiger partial charge is 0.352 e. The second-order valence-electron chi connectivity index (χ2n) is 4.68. The fraction of sp³-hybridized carbons (Fsp3) is 0.462. The van der Waals surface area contributed by atoms with Gasteiger partial charge < -0.3 is 5.32 Å². The molecule has 1 aromatic rings. The van der Waals surface area contributed by atoms with E-state index in [0.29, 0.717) is 12.0 Å². The smallest absolute Gasteiger partial charge is 0.238 e. The SMILES string of the molecule is CC(Cc1ccccc1F)NC(=O)C(C)S(C)(=O)=O. The van der Waals surface area contributed by atoms with Gasteiger partial charge in [-0.2, -0.15) is 0 Å². The lowest BCUT2D eigenvalue weighted by molar-refractivity contribution is -0.121. The van der Waals surface area contributed by atoms with Crippen molar-refractivity contribution in [1.29, 1.82) is 0 Å². The highest BCUT2D eigenvalue weighted by atomic mass is 32.2. The Hall–Kier alpha value is -1.43. The van der Waals surface area contributed by atoms with Gasteiger partial charge in [0.1, 0.15) is 11.1 Å². The number of rotatable bonds is 5. The molecule has 1 aromatic carbocycles. The van der Waals surface area contributed by atoms with Gasteiger partial charge in [-0.1, -0.05) is 18.2 Å². The van der Waals surface area contributed by atoms with Crippen LogP contribution in [0.5, 0.6) is 0 Å². The van der Waals surface area contributed by atoms with Gasteiger partial charge in [0.25, 0.3) is 0 Å². The minimum atomic E-state index is -3.41. The topological polar surface area (TPSA) is 63.2 Å². The normalized spacial score (nSPS) is 14.7. The summed E-state index contributed by atoms with van der Waals surface area (Å²) in [4.78, 5) is 11.7. The van der Waals surface area contributed by atoms with Gasteiger partial charge in [-0.3, -0.25) is 4.79 Å². The first-order valence-corrected chi connectivity index (χ1v) is 7.90. The van der Waals surface area contributed by atoms with Gasteiger partial charge in [0.05, 0.1) is 0 Å². The van der Waals surface area contributed by atoms with Crippen LogP contribution >= 0.6 is 0 Å². The number of sulfone groups is 1. The summed E-state index contributed by atoms with van der Waals surface area (Å²) in [6.07, 6.45) is 1.33. The molecule has 0 aliphatic rings. The molecule has 0 aliphatic carbocycles. The quantitative estimate of drug-likeness (QED) is 0.888. The van der Waals surface area contributed by atoms with E-state index in [-0.39, 0.29) is 11.9 Å². The number of amides is 1. The van der Waals surface area contributed by atoms with E-state index < -0.39 is 21.0 Å². The van der Waals surface area contributed by atoms with Crippen molar-refractivity contribution in [1.82, 2.24) is 5.32 Å². The second kappa shape index (κ2) is 6.14. The molecule has 0 saturated carbocycles. The monoisotopic (exact) mass is 287 g/mol. The number of hydrogen-bond acceptors (Lipinski definition) is 3. The number of benzene rings is 1. The maximum absolute atomic E-state index is 13.4. The molecule has 0 saturated heterocycles. The van der Waals surface area contributed by atoms with Crippen LogP contribution in [0.1, 0.15) is 19.4 Å². The van der Waals surface area contributed by atoms with Gasteiger partial charge >= 0.3 is 0 Å². The van der Waals surface area contributed by atoms with Crippen molar-refractivity contribution in [2.24, 2.45) is 0 Å². The number of carbonyl (C=O) groups is 1. The van der Waals surface area contributed by atoms with Crippen LogP contribution in [-0.4, -0.2) is 31.9 Å². The van der Waals surface area contributed by atoms with E-state index in [1.54, 1.807) is 25.1 Å². The molecule has 0 fully saturated rings. The van der Waals surface area contributed by atoms with Crippen LogP contribution in [0.3, 0.4) is 0 Å². The molecule has 2 atom stereocenters. The van der Waals surface area contributed by atoms with Crippen LogP contribution in [0.25, 0.3) is 0 Å². The van der Waals surface area contributed by atoms with Crippen molar-refractivity contribution < 1.29 is 17.6 Å². The van der Waals surface area contributed by atoms with Crippen LogP contribution < -0.4 is 5.32 Å². The summed E-state index contributed by atoms with van der Waals surface area (Å²) in [7, 11) is -3.41. The third kappa shape index (κ3) is 4.63. The highest BCUT2D eigenvalue weighted by molar-refractivity contribution is 7.92. The molecule has 0 aliphatic heterocycles. The minimum absolute atomic E-state index is 0.314. The molecule has 1 amide bonds. The van der Waals surface area contributed by atoms with Crippen LogP contribution in [0.2, 0.25) is 0 Å². The maximum atomic E-state index is 13.4. The molecule has 0 spiro atoms. The van der Waals surface area contributed by atoms with E-state index in [1.165, 1.54) is 13.0 Å². The zero-order valence-corrected chi connectivity index (χ0v) is 12.0. The lowest BCUT2D eigenvalue weighted by Gasteiger charge is -2.17. The van der Waals surface area contributed by atoms with Gasteiger partial charge in [-0.25, -0.2) is 12.8 Å². The molecule has 4 nitrogen and oxygen atoms in total. The Bertz CT molecular complexity index is 557. The average molecular weight is 287 g/mol. The summed E-state index contributed by atoms with van der Waals surface area (Å²) in [5.41, 5.74) is 0.488. The Balaban J connectivity index is 2.64. The number of halogens is 1. The molecular formula is C13H18FNO3S. The Morgan fingerprint density at radius 3 is 2.42 bits per heavy atom. The summed E-state index contributed by atoms with van der Waals surface area (Å²) in [5, 5.41) is 1.48. The van der Waals surface area contributed by atoms with Crippen molar-refractivity contribution in [3.05, 3.63) is 35.6 Å². The minimum Gasteiger partial charge on any atom is -0.352 e.